The quantitative estimate of drug-likeness (QED) is 0.329. The third-order valence-corrected chi connectivity index (χ3v) is 6.15. The number of nitrogens with one attached hydrogen (secondary N) is 2. The van der Waals surface area contributed by atoms with Crippen LogP contribution in [0.15, 0.2) is 51.2 Å². The lowest BCUT2D eigenvalue weighted by atomic mass is 10.0. The summed E-state index contributed by atoms with van der Waals surface area (Å²) in [5.41, 5.74) is 1.40. The lowest BCUT2D eigenvalue weighted by Crippen LogP contribution is -2.48. The van der Waals surface area contributed by atoms with Crippen molar-refractivity contribution in [2.45, 2.75) is 32.0 Å². The summed E-state index contributed by atoms with van der Waals surface area (Å²) in [4.78, 5) is 8.20. The molecule has 0 aliphatic carbocycles. The van der Waals surface area contributed by atoms with Crippen molar-refractivity contribution < 1.29 is 0 Å². The molecule has 0 amide bonds. The lowest BCUT2D eigenvalue weighted by Gasteiger charge is -2.33. The molecule has 1 aromatic heterocycles. The first-order valence-corrected chi connectivity index (χ1v) is 10.4. The molecule has 1 saturated heterocycles. The first-order chi connectivity index (χ1) is 12.2. The van der Waals surface area contributed by atoms with Gasteiger partial charge in [0.1, 0.15) is 0 Å². The highest BCUT2D eigenvalue weighted by molar-refractivity contribution is 14.0. The van der Waals surface area contributed by atoms with E-state index in [1.54, 1.807) is 11.3 Å². The summed E-state index contributed by atoms with van der Waals surface area (Å²) in [5.74, 6) is 0.894. The number of aliphatic imine (C=N–C) groups is 1. The predicted molar refractivity (Wildman–Crippen MR) is 126 cm³/mol. The summed E-state index contributed by atoms with van der Waals surface area (Å²) in [6, 6.07) is 13.4. The van der Waals surface area contributed by atoms with Crippen molar-refractivity contribution in [3.05, 3.63) is 56.7 Å². The van der Waals surface area contributed by atoms with Gasteiger partial charge < -0.3 is 10.6 Å². The molecular formula is C19H26BrIN4S. The van der Waals surface area contributed by atoms with E-state index in [0.29, 0.717) is 6.04 Å². The van der Waals surface area contributed by atoms with Crippen LogP contribution in [0.25, 0.3) is 0 Å². The maximum absolute atomic E-state index is 4.36. The van der Waals surface area contributed by atoms with Crippen molar-refractivity contribution in [3.8, 4) is 0 Å². The minimum Gasteiger partial charge on any atom is -0.354 e. The molecular weight excluding hydrogens is 523 g/mol. The van der Waals surface area contributed by atoms with Crippen LogP contribution >= 0.6 is 51.2 Å². The first-order valence-electron chi connectivity index (χ1n) is 8.69. The molecule has 0 unspecified atom stereocenters. The van der Waals surface area contributed by atoms with Crippen LogP contribution in [0.2, 0.25) is 0 Å². The van der Waals surface area contributed by atoms with Crippen molar-refractivity contribution in [3.63, 3.8) is 0 Å². The second kappa shape index (κ2) is 11.3. The summed E-state index contributed by atoms with van der Waals surface area (Å²) in [6.45, 7) is 4.11. The van der Waals surface area contributed by atoms with Crippen molar-refractivity contribution in [1.82, 2.24) is 15.5 Å². The summed E-state index contributed by atoms with van der Waals surface area (Å²) < 4.78 is 1.14. The molecule has 2 N–H and O–H groups in total. The van der Waals surface area contributed by atoms with Gasteiger partial charge in [0.25, 0.3) is 0 Å². The number of guanidine groups is 1. The Kier molecular flexibility index (Phi) is 9.38. The third kappa shape index (κ3) is 6.83. The van der Waals surface area contributed by atoms with Gasteiger partial charge in [-0.25, -0.2) is 0 Å². The summed E-state index contributed by atoms with van der Waals surface area (Å²) in [7, 11) is 1.84. The van der Waals surface area contributed by atoms with Crippen molar-refractivity contribution in [1.29, 1.82) is 0 Å². The number of piperidine rings is 1. The molecule has 1 aliphatic heterocycles. The minimum atomic E-state index is 0. The molecule has 26 heavy (non-hydrogen) atoms. The van der Waals surface area contributed by atoms with Crippen LogP contribution in [-0.2, 0) is 13.1 Å². The van der Waals surface area contributed by atoms with E-state index in [1.165, 1.54) is 10.4 Å². The van der Waals surface area contributed by atoms with Crippen LogP contribution in [0.1, 0.15) is 23.3 Å². The summed E-state index contributed by atoms with van der Waals surface area (Å²) in [6.07, 6.45) is 2.30. The summed E-state index contributed by atoms with van der Waals surface area (Å²) >= 11 is 5.25. The molecule has 1 fully saturated rings. The fourth-order valence-corrected chi connectivity index (χ4v) is 4.47. The van der Waals surface area contributed by atoms with Crippen LogP contribution < -0.4 is 10.6 Å². The molecule has 0 radical (unpaired) electrons. The van der Waals surface area contributed by atoms with E-state index in [0.717, 1.165) is 49.5 Å². The second-order valence-electron chi connectivity index (χ2n) is 6.34. The Morgan fingerprint density at radius 3 is 2.62 bits per heavy atom. The Morgan fingerprint density at radius 2 is 2.00 bits per heavy atom. The van der Waals surface area contributed by atoms with Gasteiger partial charge in [-0.05, 0) is 40.4 Å². The van der Waals surface area contributed by atoms with Crippen molar-refractivity contribution >= 4 is 57.2 Å². The van der Waals surface area contributed by atoms with E-state index in [9.17, 15) is 0 Å². The zero-order valence-corrected chi connectivity index (χ0v) is 19.7. The van der Waals surface area contributed by atoms with Crippen LogP contribution in [-0.4, -0.2) is 37.0 Å². The van der Waals surface area contributed by atoms with Crippen LogP contribution in [0, 0.1) is 0 Å². The maximum atomic E-state index is 4.36. The topological polar surface area (TPSA) is 39.7 Å². The predicted octanol–water partition coefficient (Wildman–Crippen LogP) is 4.46. The molecule has 0 saturated carbocycles. The van der Waals surface area contributed by atoms with E-state index in [1.807, 2.05) is 7.05 Å². The number of thiophene rings is 1. The number of benzene rings is 1. The zero-order chi connectivity index (χ0) is 17.5. The molecule has 142 valence electrons. The Balaban J connectivity index is 0.00000243. The fraction of sp³-hybridized carbons (Fsp3) is 0.421. The first kappa shape index (κ1) is 21.7. The average Bonchev–Trinajstić information content (AvgIpc) is 3.06. The fourth-order valence-electron chi connectivity index (χ4n) is 3.08. The Bertz CT molecular complexity index is 684. The van der Waals surface area contributed by atoms with E-state index in [2.05, 4.69) is 78.2 Å². The molecule has 7 heteroatoms. The third-order valence-electron chi connectivity index (χ3n) is 4.45. The average molecular weight is 549 g/mol. The zero-order valence-electron chi connectivity index (χ0n) is 15.0. The highest BCUT2D eigenvalue weighted by Gasteiger charge is 2.20. The SMILES string of the molecule is CN=C(NCc1cc(Br)cs1)NC1CCN(Cc2ccccc2)CC1.I. The molecule has 1 aliphatic rings. The Morgan fingerprint density at radius 1 is 1.27 bits per heavy atom. The number of rotatable bonds is 5. The molecule has 1 aromatic carbocycles. The van der Waals surface area contributed by atoms with Crippen LogP contribution in [0.3, 0.4) is 0 Å². The monoisotopic (exact) mass is 548 g/mol. The van der Waals surface area contributed by atoms with Crippen LogP contribution in [0.5, 0.6) is 0 Å². The number of nitrogens with zero attached hydrogens (tertiary/aromatic N) is 2. The van der Waals surface area contributed by atoms with E-state index >= 15 is 0 Å². The van der Waals surface area contributed by atoms with Gasteiger partial charge >= 0.3 is 0 Å². The Hall–Kier alpha value is -0.640. The van der Waals surface area contributed by atoms with E-state index in [-0.39, 0.29) is 24.0 Å². The normalized spacial score (nSPS) is 16.2. The molecule has 2 heterocycles. The van der Waals surface area contributed by atoms with Gasteiger partial charge in [0, 0.05) is 47.5 Å². The van der Waals surface area contributed by atoms with E-state index < -0.39 is 0 Å². The lowest BCUT2D eigenvalue weighted by molar-refractivity contribution is 0.198. The van der Waals surface area contributed by atoms with Crippen molar-refractivity contribution in [2.75, 3.05) is 20.1 Å². The van der Waals surface area contributed by atoms with Gasteiger partial charge in [-0.3, -0.25) is 9.89 Å². The van der Waals surface area contributed by atoms with Gasteiger partial charge in [0.2, 0.25) is 0 Å². The molecule has 0 atom stereocenters. The van der Waals surface area contributed by atoms with Crippen LogP contribution in [0.4, 0.5) is 0 Å². The number of likely N-dealkylation sites (tertiary alicyclic amines) is 1. The smallest absolute Gasteiger partial charge is 0.191 e. The summed E-state index contributed by atoms with van der Waals surface area (Å²) in [5, 5.41) is 9.09. The molecule has 0 spiro atoms. The minimum absolute atomic E-state index is 0. The van der Waals surface area contributed by atoms with Gasteiger partial charge in [0.05, 0.1) is 6.54 Å². The molecule has 2 aromatic rings. The Labute approximate surface area is 185 Å². The highest BCUT2D eigenvalue weighted by Crippen LogP contribution is 2.19. The van der Waals surface area contributed by atoms with Gasteiger partial charge in [-0.2, -0.15) is 0 Å². The largest absolute Gasteiger partial charge is 0.354 e. The molecule has 3 rings (SSSR count). The van der Waals surface area contributed by atoms with E-state index in [4.69, 9.17) is 0 Å². The number of halogens is 2. The second-order valence-corrected chi connectivity index (χ2v) is 8.25. The van der Waals surface area contributed by atoms with Gasteiger partial charge in [-0.1, -0.05) is 30.3 Å². The van der Waals surface area contributed by atoms with Gasteiger partial charge in [0.15, 0.2) is 5.96 Å². The standard InChI is InChI=1S/C19H25BrN4S.HI/c1-21-19(22-12-18-11-16(20)14-25-18)23-17-7-9-24(10-8-17)13-15-5-3-2-4-6-15;/h2-6,11,14,17H,7-10,12-13H2,1H3,(H2,21,22,23);1H. The van der Waals surface area contributed by atoms with Crippen molar-refractivity contribution in [2.24, 2.45) is 4.99 Å². The maximum Gasteiger partial charge on any atom is 0.191 e. The highest BCUT2D eigenvalue weighted by atomic mass is 127. The molecule has 4 nitrogen and oxygen atoms in total. The van der Waals surface area contributed by atoms with Gasteiger partial charge in [-0.15, -0.1) is 35.3 Å². The number of hydrogen-bond donors (Lipinski definition) is 2. The number of hydrogen-bond acceptors (Lipinski definition) is 3. The molecule has 0 bridgehead atoms.